The van der Waals surface area contributed by atoms with E-state index in [1.54, 1.807) is 19.2 Å². The van der Waals surface area contributed by atoms with Crippen LogP contribution in [-0.4, -0.2) is 39.9 Å². The van der Waals surface area contributed by atoms with Crippen LogP contribution >= 0.6 is 0 Å². The molecule has 3 N–H and O–H groups in total. The normalized spacial score (nSPS) is 12.3. The van der Waals surface area contributed by atoms with Gasteiger partial charge in [-0.05, 0) is 24.6 Å². The smallest absolute Gasteiger partial charge is 0.328 e. The maximum absolute atomic E-state index is 12.5. The van der Waals surface area contributed by atoms with Gasteiger partial charge in [0.15, 0.2) is 6.04 Å². The molecule has 0 aliphatic rings. The number of H-pyrrole nitrogens is 1. The molecule has 0 saturated carbocycles. The Kier molecular flexibility index (Phi) is 3.46. The predicted molar refractivity (Wildman–Crippen MR) is 65.7 cm³/mol. The maximum Gasteiger partial charge on any atom is 0.328 e. The van der Waals surface area contributed by atoms with E-state index in [-0.39, 0.29) is 5.56 Å². The fourth-order valence-electron chi connectivity index (χ4n) is 1.79. The van der Waals surface area contributed by atoms with Crippen molar-refractivity contribution in [3.05, 3.63) is 29.5 Å². The Balaban J connectivity index is 2.36. The number of aliphatic carboxylic acids is 1. The summed E-state index contributed by atoms with van der Waals surface area (Å²) >= 11 is 0. The fourth-order valence-corrected chi connectivity index (χ4v) is 1.79. The lowest BCUT2D eigenvalue weighted by molar-refractivity contribution is -0.139. The second-order valence-corrected chi connectivity index (χ2v) is 4.17. The van der Waals surface area contributed by atoms with E-state index >= 15 is 0 Å². The van der Waals surface area contributed by atoms with E-state index in [0.29, 0.717) is 5.52 Å². The molecule has 7 heteroatoms. The summed E-state index contributed by atoms with van der Waals surface area (Å²) in [7, 11) is 0. The minimum Gasteiger partial charge on any atom is -0.480 e. The van der Waals surface area contributed by atoms with Crippen LogP contribution in [0.4, 0.5) is 4.39 Å². The highest BCUT2D eigenvalue weighted by Crippen LogP contribution is 2.18. The first-order valence-electron chi connectivity index (χ1n) is 5.56. The lowest BCUT2D eigenvalue weighted by Crippen LogP contribution is -2.42. The van der Waals surface area contributed by atoms with E-state index in [1.165, 1.54) is 0 Å². The first-order valence-corrected chi connectivity index (χ1v) is 5.56. The van der Waals surface area contributed by atoms with E-state index in [4.69, 9.17) is 5.11 Å². The van der Waals surface area contributed by atoms with Crippen molar-refractivity contribution in [1.82, 2.24) is 15.5 Å². The SMILES string of the molecule is Cc1cc(C(=O)NC(CF)C(=O)O)c2[nH]ncc2c1. The van der Waals surface area contributed by atoms with Gasteiger partial charge in [0.05, 0.1) is 17.3 Å². The minimum absolute atomic E-state index is 0.243. The number of fused-ring (bicyclic) bond motifs is 1. The summed E-state index contributed by atoms with van der Waals surface area (Å²) in [6.45, 7) is 0.631. The van der Waals surface area contributed by atoms with Crippen LogP contribution in [0.3, 0.4) is 0 Å². The van der Waals surface area contributed by atoms with Crippen molar-refractivity contribution in [2.24, 2.45) is 0 Å². The number of aryl methyl sites for hydroxylation is 1. The number of rotatable bonds is 4. The highest BCUT2D eigenvalue weighted by atomic mass is 19.1. The van der Waals surface area contributed by atoms with Crippen LogP contribution in [0.1, 0.15) is 15.9 Å². The molecule has 0 radical (unpaired) electrons. The third-order valence-electron chi connectivity index (χ3n) is 2.70. The van der Waals surface area contributed by atoms with Gasteiger partial charge >= 0.3 is 5.97 Å². The van der Waals surface area contributed by atoms with Crippen molar-refractivity contribution < 1.29 is 19.1 Å². The van der Waals surface area contributed by atoms with E-state index in [1.807, 2.05) is 6.07 Å². The van der Waals surface area contributed by atoms with Crippen LogP contribution in [0.2, 0.25) is 0 Å². The molecule has 2 rings (SSSR count). The molecule has 1 amide bonds. The van der Waals surface area contributed by atoms with Crippen molar-refractivity contribution >= 4 is 22.8 Å². The second-order valence-electron chi connectivity index (χ2n) is 4.17. The van der Waals surface area contributed by atoms with Crippen molar-refractivity contribution in [3.8, 4) is 0 Å². The number of alkyl halides is 1. The average molecular weight is 265 g/mol. The zero-order valence-corrected chi connectivity index (χ0v) is 10.1. The summed E-state index contributed by atoms with van der Waals surface area (Å²) in [5.41, 5.74) is 1.56. The molecular formula is C12H12FN3O3. The van der Waals surface area contributed by atoms with Gasteiger partial charge in [-0.15, -0.1) is 0 Å². The van der Waals surface area contributed by atoms with Crippen LogP contribution in [0, 0.1) is 6.92 Å². The number of hydrogen-bond donors (Lipinski definition) is 3. The van der Waals surface area contributed by atoms with Gasteiger partial charge in [0, 0.05) is 5.39 Å². The zero-order chi connectivity index (χ0) is 14.0. The van der Waals surface area contributed by atoms with Gasteiger partial charge in [0.1, 0.15) is 6.67 Å². The van der Waals surface area contributed by atoms with Gasteiger partial charge in [-0.2, -0.15) is 5.10 Å². The summed E-state index contributed by atoms with van der Waals surface area (Å²) in [6, 6.07) is 1.87. The molecule has 19 heavy (non-hydrogen) atoms. The molecule has 0 aliphatic heterocycles. The summed E-state index contributed by atoms with van der Waals surface area (Å²) in [6.07, 6.45) is 1.56. The number of carboxylic acid groups (broad SMARTS) is 1. The molecule has 1 unspecified atom stereocenters. The Hall–Kier alpha value is -2.44. The molecule has 1 aromatic carbocycles. The Bertz CT molecular complexity index is 638. The van der Waals surface area contributed by atoms with Gasteiger partial charge in [-0.3, -0.25) is 9.89 Å². The number of benzene rings is 1. The summed E-state index contributed by atoms with van der Waals surface area (Å²) < 4.78 is 12.5. The molecule has 0 fully saturated rings. The number of aromatic amines is 1. The zero-order valence-electron chi connectivity index (χ0n) is 10.1. The second kappa shape index (κ2) is 5.05. The molecule has 0 bridgehead atoms. The van der Waals surface area contributed by atoms with Gasteiger partial charge in [0.25, 0.3) is 5.91 Å². The maximum atomic E-state index is 12.5. The van der Waals surface area contributed by atoms with Crippen LogP contribution in [0.25, 0.3) is 10.9 Å². The molecule has 1 heterocycles. The van der Waals surface area contributed by atoms with Crippen LogP contribution in [0.5, 0.6) is 0 Å². The molecule has 0 saturated heterocycles. The standard InChI is InChI=1S/C12H12FN3O3/c1-6-2-7-5-14-16-10(7)8(3-6)11(17)15-9(4-13)12(18)19/h2-3,5,9H,4H2,1H3,(H,14,16)(H,15,17)(H,18,19). The number of amides is 1. The molecule has 1 aromatic heterocycles. The quantitative estimate of drug-likeness (QED) is 0.769. The summed E-state index contributed by atoms with van der Waals surface area (Å²) in [5.74, 6) is -2.06. The van der Waals surface area contributed by atoms with Gasteiger partial charge in [-0.25, -0.2) is 9.18 Å². The minimum atomic E-state index is -1.55. The monoisotopic (exact) mass is 265 g/mol. The van der Waals surface area contributed by atoms with Crippen LogP contribution in [0.15, 0.2) is 18.3 Å². The third-order valence-corrected chi connectivity index (χ3v) is 2.70. The summed E-state index contributed by atoms with van der Waals surface area (Å²) in [4.78, 5) is 22.7. The Morgan fingerprint density at radius 1 is 1.53 bits per heavy atom. The highest BCUT2D eigenvalue weighted by molar-refractivity contribution is 6.06. The first-order chi connectivity index (χ1) is 9.02. The predicted octanol–water partition coefficient (Wildman–Crippen LogP) is 1.02. The van der Waals surface area contributed by atoms with Gasteiger partial charge < -0.3 is 10.4 Å². The first kappa shape index (κ1) is 13.0. The number of carboxylic acids is 1. The fraction of sp³-hybridized carbons (Fsp3) is 0.250. The van der Waals surface area contributed by atoms with Gasteiger partial charge in [-0.1, -0.05) is 0 Å². The Morgan fingerprint density at radius 3 is 2.89 bits per heavy atom. The van der Waals surface area contributed by atoms with Gasteiger partial charge in [0.2, 0.25) is 0 Å². The number of hydrogen-bond acceptors (Lipinski definition) is 3. The van der Waals surface area contributed by atoms with Crippen molar-refractivity contribution in [2.75, 3.05) is 6.67 Å². The van der Waals surface area contributed by atoms with E-state index in [0.717, 1.165) is 10.9 Å². The number of nitrogens with one attached hydrogen (secondary N) is 2. The molecule has 1 atom stereocenters. The Morgan fingerprint density at radius 2 is 2.26 bits per heavy atom. The molecule has 0 spiro atoms. The van der Waals surface area contributed by atoms with E-state index < -0.39 is 24.6 Å². The number of aromatic nitrogens is 2. The van der Waals surface area contributed by atoms with Crippen molar-refractivity contribution in [1.29, 1.82) is 0 Å². The molecule has 2 aromatic rings. The molecule has 6 nitrogen and oxygen atoms in total. The van der Waals surface area contributed by atoms with Crippen LogP contribution < -0.4 is 5.32 Å². The largest absolute Gasteiger partial charge is 0.480 e. The van der Waals surface area contributed by atoms with Crippen molar-refractivity contribution in [3.63, 3.8) is 0 Å². The number of carbonyl (C=O) groups excluding carboxylic acids is 1. The van der Waals surface area contributed by atoms with E-state index in [2.05, 4.69) is 15.5 Å². The lowest BCUT2D eigenvalue weighted by Gasteiger charge is -2.11. The van der Waals surface area contributed by atoms with Crippen LogP contribution in [-0.2, 0) is 4.79 Å². The number of nitrogens with zero attached hydrogens (tertiary/aromatic N) is 1. The average Bonchev–Trinajstić information content (AvgIpc) is 2.81. The number of carbonyl (C=O) groups is 2. The third kappa shape index (κ3) is 2.54. The Labute approximate surface area is 107 Å². The highest BCUT2D eigenvalue weighted by Gasteiger charge is 2.22. The molecule has 100 valence electrons. The summed E-state index contributed by atoms with van der Waals surface area (Å²) in [5, 5.41) is 18.1. The number of halogens is 1. The molecule has 0 aliphatic carbocycles. The molecular weight excluding hydrogens is 253 g/mol. The topological polar surface area (TPSA) is 95.1 Å². The van der Waals surface area contributed by atoms with Crippen molar-refractivity contribution in [2.45, 2.75) is 13.0 Å². The lowest BCUT2D eigenvalue weighted by atomic mass is 10.1. The van der Waals surface area contributed by atoms with E-state index in [9.17, 15) is 14.0 Å².